The number of piperidine rings is 1. The Balaban J connectivity index is 1.55. The van der Waals surface area contributed by atoms with Crippen LogP contribution in [0.5, 0.6) is 0 Å². The van der Waals surface area contributed by atoms with E-state index in [1.54, 1.807) is 0 Å². The van der Waals surface area contributed by atoms with Gasteiger partial charge in [0.1, 0.15) is 0 Å². The van der Waals surface area contributed by atoms with Crippen molar-refractivity contribution in [3.05, 3.63) is 0 Å². The van der Waals surface area contributed by atoms with Crippen molar-refractivity contribution in [2.45, 2.75) is 52.4 Å². The Morgan fingerprint density at radius 1 is 1.41 bits per heavy atom. The maximum atomic E-state index is 3.69. The highest BCUT2D eigenvalue weighted by Crippen LogP contribution is 2.47. The topological polar surface area (TPSA) is 24.1 Å². The van der Waals surface area contributed by atoms with Gasteiger partial charge in [-0.1, -0.05) is 13.8 Å². The molecule has 2 aliphatic rings. The van der Waals surface area contributed by atoms with Crippen LogP contribution in [0.3, 0.4) is 0 Å². The highest BCUT2D eigenvalue weighted by atomic mass is 14.9. The lowest BCUT2D eigenvalue weighted by Gasteiger charge is -2.28. The van der Waals surface area contributed by atoms with Crippen LogP contribution in [0.1, 0.15) is 52.4 Å². The first-order valence-electron chi connectivity index (χ1n) is 7.67. The van der Waals surface area contributed by atoms with Gasteiger partial charge >= 0.3 is 0 Å². The summed E-state index contributed by atoms with van der Waals surface area (Å²) < 4.78 is 0. The summed E-state index contributed by atoms with van der Waals surface area (Å²) in [4.78, 5) is 0. The van der Waals surface area contributed by atoms with Gasteiger partial charge in [-0.15, -0.1) is 0 Å². The summed E-state index contributed by atoms with van der Waals surface area (Å²) in [5.41, 5.74) is 0.704. The normalized spacial score (nSPS) is 28.9. The molecule has 2 heteroatoms. The van der Waals surface area contributed by atoms with Crippen LogP contribution in [0, 0.1) is 17.3 Å². The molecule has 2 atom stereocenters. The molecule has 2 unspecified atom stereocenters. The fraction of sp³-hybridized carbons (Fsp3) is 1.00. The van der Waals surface area contributed by atoms with Crippen molar-refractivity contribution in [2.75, 3.05) is 26.2 Å². The SMILES string of the molecule is CCC1(CNCCC(C)C2CCCNC2)CC1. The van der Waals surface area contributed by atoms with Gasteiger partial charge in [0.15, 0.2) is 0 Å². The molecule has 17 heavy (non-hydrogen) atoms. The molecular weight excluding hydrogens is 208 g/mol. The summed E-state index contributed by atoms with van der Waals surface area (Å²) >= 11 is 0. The molecule has 2 rings (SSSR count). The predicted molar refractivity (Wildman–Crippen MR) is 74.2 cm³/mol. The summed E-state index contributed by atoms with van der Waals surface area (Å²) in [5.74, 6) is 1.80. The number of hydrogen-bond acceptors (Lipinski definition) is 2. The zero-order valence-electron chi connectivity index (χ0n) is 11.7. The zero-order chi connectivity index (χ0) is 12.1. The van der Waals surface area contributed by atoms with Gasteiger partial charge in [0, 0.05) is 6.54 Å². The van der Waals surface area contributed by atoms with Crippen LogP contribution in [-0.4, -0.2) is 26.2 Å². The smallest absolute Gasteiger partial charge is 0.000771 e. The largest absolute Gasteiger partial charge is 0.316 e. The third-order valence-electron chi connectivity index (χ3n) is 5.12. The predicted octanol–water partition coefficient (Wildman–Crippen LogP) is 2.79. The van der Waals surface area contributed by atoms with E-state index in [0.29, 0.717) is 5.41 Å². The van der Waals surface area contributed by atoms with Crippen molar-refractivity contribution in [3.8, 4) is 0 Å². The summed E-state index contributed by atoms with van der Waals surface area (Å²) in [6.45, 7) is 9.75. The second-order valence-electron chi connectivity index (χ2n) is 6.40. The monoisotopic (exact) mass is 238 g/mol. The molecular formula is C15H30N2. The van der Waals surface area contributed by atoms with E-state index in [0.717, 1.165) is 11.8 Å². The van der Waals surface area contributed by atoms with Crippen LogP contribution in [0.4, 0.5) is 0 Å². The summed E-state index contributed by atoms with van der Waals surface area (Å²) in [7, 11) is 0. The molecule has 1 aliphatic carbocycles. The minimum absolute atomic E-state index is 0.704. The highest BCUT2D eigenvalue weighted by molar-refractivity contribution is 4.93. The van der Waals surface area contributed by atoms with Crippen molar-refractivity contribution in [1.29, 1.82) is 0 Å². The third-order valence-corrected chi connectivity index (χ3v) is 5.12. The number of nitrogens with one attached hydrogen (secondary N) is 2. The average Bonchev–Trinajstić information content (AvgIpc) is 3.16. The lowest BCUT2D eigenvalue weighted by molar-refractivity contribution is 0.264. The molecule has 1 saturated heterocycles. The van der Waals surface area contributed by atoms with E-state index in [2.05, 4.69) is 24.5 Å². The Kier molecular flexibility index (Phi) is 4.87. The van der Waals surface area contributed by atoms with Crippen LogP contribution >= 0.6 is 0 Å². The van der Waals surface area contributed by atoms with E-state index in [9.17, 15) is 0 Å². The average molecular weight is 238 g/mol. The molecule has 2 nitrogen and oxygen atoms in total. The number of hydrogen-bond donors (Lipinski definition) is 2. The first kappa shape index (κ1) is 13.4. The standard InChI is InChI=1S/C15H30N2/c1-3-15(7-8-15)12-17-10-6-13(2)14-5-4-9-16-11-14/h13-14,16-17H,3-12H2,1-2H3. The fourth-order valence-corrected chi connectivity index (χ4v) is 3.12. The van der Waals surface area contributed by atoms with Gasteiger partial charge in [0.2, 0.25) is 0 Å². The lowest BCUT2D eigenvalue weighted by atomic mass is 9.85. The second kappa shape index (κ2) is 6.19. The van der Waals surface area contributed by atoms with Crippen LogP contribution in [0.2, 0.25) is 0 Å². The van der Waals surface area contributed by atoms with E-state index < -0.39 is 0 Å². The zero-order valence-corrected chi connectivity index (χ0v) is 11.7. The van der Waals surface area contributed by atoms with Gasteiger partial charge in [0.25, 0.3) is 0 Å². The first-order chi connectivity index (χ1) is 8.26. The van der Waals surface area contributed by atoms with Crippen molar-refractivity contribution >= 4 is 0 Å². The molecule has 1 aliphatic heterocycles. The summed E-state index contributed by atoms with van der Waals surface area (Å²) in [6, 6.07) is 0. The van der Waals surface area contributed by atoms with Crippen molar-refractivity contribution in [3.63, 3.8) is 0 Å². The van der Waals surface area contributed by atoms with Crippen molar-refractivity contribution in [1.82, 2.24) is 10.6 Å². The molecule has 0 bridgehead atoms. The van der Waals surface area contributed by atoms with Crippen molar-refractivity contribution < 1.29 is 0 Å². The molecule has 100 valence electrons. The van der Waals surface area contributed by atoms with Crippen LogP contribution < -0.4 is 10.6 Å². The van der Waals surface area contributed by atoms with Gasteiger partial charge in [0.05, 0.1) is 0 Å². The molecule has 0 spiro atoms. The van der Waals surface area contributed by atoms with Gasteiger partial charge in [-0.3, -0.25) is 0 Å². The van der Waals surface area contributed by atoms with E-state index >= 15 is 0 Å². The lowest BCUT2D eigenvalue weighted by Crippen LogP contribution is -2.34. The van der Waals surface area contributed by atoms with Crippen LogP contribution in [0.25, 0.3) is 0 Å². The van der Waals surface area contributed by atoms with Gasteiger partial charge in [-0.2, -0.15) is 0 Å². The molecule has 1 heterocycles. The Morgan fingerprint density at radius 2 is 2.24 bits per heavy atom. The minimum Gasteiger partial charge on any atom is -0.316 e. The summed E-state index contributed by atoms with van der Waals surface area (Å²) in [5, 5.41) is 7.22. The number of rotatable bonds is 7. The van der Waals surface area contributed by atoms with Crippen LogP contribution in [-0.2, 0) is 0 Å². The molecule has 0 aromatic heterocycles. The quantitative estimate of drug-likeness (QED) is 0.667. The Labute approximate surface area is 107 Å². The van der Waals surface area contributed by atoms with Crippen LogP contribution in [0.15, 0.2) is 0 Å². The van der Waals surface area contributed by atoms with Crippen molar-refractivity contribution in [2.24, 2.45) is 17.3 Å². The Morgan fingerprint density at radius 3 is 2.82 bits per heavy atom. The van der Waals surface area contributed by atoms with Gasteiger partial charge in [-0.05, 0) is 75.4 Å². The Hall–Kier alpha value is -0.0800. The van der Waals surface area contributed by atoms with E-state index in [1.807, 2.05) is 0 Å². The summed E-state index contributed by atoms with van der Waals surface area (Å²) in [6.07, 6.45) is 8.44. The first-order valence-corrected chi connectivity index (χ1v) is 7.67. The molecule has 0 radical (unpaired) electrons. The highest BCUT2D eigenvalue weighted by Gasteiger charge is 2.39. The van der Waals surface area contributed by atoms with E-state index in [-0.39, 0.29) is 0 Å². The Bertz CT molecular complexity index is 217. The van der Waals surface area contributed by atoms with Gasteiger partial charge in [-0.25, -0.2) is 0 Å². The molecule has 0 aromatic carbocycles. The molecule has 2 N–H and O–H groups in total. The van der Waals surface area contributed by atoms with Gasteiger partial charge < -0.3 is 10.6 Å². The van der Waals surface area contributed by atoms with E-state index in [4.69, 9.17) is 0 Å². The third kappa shape index (κ3) is 3.96. The maximum Gasteiger partial charge on any atom is 0.000771 e. The fourth-order valence-electron chi connectivity index (χ4n) is 3.12. The minimum atomic E-state index is 0.704. The molecule has 1 saturated carbocycles. The molecule has 2 fully saturated rings. The van der Waals surface area contributed by atoms with E-state index in [1.165, 1.54) is 64.7 Å². The second-order valence-corrected chi connectivity index (χ2v) is 6.40. The maximum absolute atomic E-state index is 3.69. The molecule has 0 amide bonds. The molecule has 0 aromatic rings.